The fourth-order valence-corrected chi connectivity index (χ4v) is 2.12. The van der Waals surface area contributed by atoms with E-state index in [1.807, 2.05) is 43.9 Å². The van der Waals surface area contributed by atoms with Crippen molar-refractivity contribution in [3.63, 3.8) is 0 Å². The molecule has 1 aromatic heterocycles. The van der Waals surface area contributed by atoms with Crippen LogP contribution in [-0.2, 0) is 7.05 Å². The quantitative estimate of drug-likeness (QED) is 0.817. The minimum Gasteiger partial charge on any atom is -0.508 e. The van der Waals surface area contributed by atoms with Crippen LogP contribution in [-0.4, -0.2) is 14.9 Å². The van der Waals surface area contributed by atoms with Crippen LogP contribution in [0.15, 0.2) is 24.4 Å². The SMILES string of the molecule is Cc1cc(NC(C)c2cn(C)nc2C)ccc1O. The van der Waals surface area contributed by atoms with Crippen molar-refractivity contribution < 1.29 is 5.11 Å². The van der Waals surface area contributed by atoms with Crippen LogP contribution in [0.25, 0.3) is 0 Å². The van der Waals surface area contributed by atoms with E-state index in [2.05, 4.69) is 17.3 Å². The smallest absolute Gasteiger partial charge is 0.118 e. The predicted molar refractivity (Wildman–Crippen MR) is 72.8 cm³/mol. The molecular weight excluding hydrogens is 226 g/mol. The highest BCUT2D eigenvalue weighted by Gasteiger charge is 2.11. The van der Waals surface area contributed by atoms with E-state index < -0.39 is 0 Å². The summed E-state index contributed by atoms with van der Waals surface area (Å²) >= 11 is 0. The predicted octanol–water partition coefficient (Wildman–Crippen LogP) is 2.92. The minimum absolute atomic E-state index is 0.183. The molecule has 1 unspecified atom stereocenters. The number of anilines is 1. The third kappa shape index (κ3) is 2.47. The topological polar surface area (TPSA) is 50.1 Å². The summed E-state index contributed by atoms with van der Waals surface area (Å²) in [6.07, 6.45) is 2.03. The lowest BCUT2D eigenvalue weighted by Gasteiger charge is -2.15. The Balaban J connectivity index is 2.18. The first kappa shape index (κ1) is 12.5. The molecule has 18 heavy (non-hydrogen) atoms. The standard InChI is InChI=1S/C14H19N3O/c1-9-7-12(5-6-14(9)18)15-10(2)13-8-17(4)16-11(13)3/h5-8,10,15,18H,1-4H3. The van der Waals surface area contributed by atoms with Gasteiger partial charge in [0.25, 0.3) is 0 Å². The number of aromatic hydroxyl groups is 1. The zero-order valence-corrected chi connectivity index (χ0v) is 11.2. The molecule has 2 N–H and O–H groups in total. The number of benzene rings is 1. The minimum atomic E-state index is 0.183. The number of phenols is 1. The van der Waals surface area contributed by atoms with Gasteiger partial charge >= 0.3 is 0 Å². The van der Waals surface area contributed by atoms with Gasteiger partial charge in [-0.1, -0.05) is 0 Å². The molecule has 0 aliphatic rings. The first-order valence-corrected chi connectivity index (χ1v) is 6.03. The number of hydrogen-bond acceptors (Lipinski definition) is 3. The molecule has 0 saturated carbocycles. The molecule has 96 valence electrons. The van der Waals surface area contributed by atoms with E-state index in [-0.39, 0.29) is 6.04 Å². The average molecular weight is 245 g/mol. The highest BCUT2D eigenvalue weighted by atomic mass is 16.3. The number of rotatable bonds is 3. The summed E-state index contributed by atoms with van der Waals surface area (Å²) in [6.45, 7) is 6.00. The molecule has 0 aliphatic heterocycles. The van der Waals surface area contributed by atoms with E-state index in [1.165, 1.54) is 5.56 Å². The zero-order valence-electron chi connectivity index (χ0n) is 11.2. The number of hydrogen-bond donors (Lipinski definition) is 2. The van der Waals surface area contributed by atoms with Crippen LogP contribution in [0.4, 0.5) is 5.69 Å². The van der Waals surface area contributed by atoms with Crippen LogP contribution >= 0.6 is 0 Å². The molecule has 1 heterocycles. The van der Waals surface area contributed by atoms with Gasteiger partial charge in [0.1, 0.15) is 5.75 Å². The van der Waals surface area contributed by atoms with Crippen molar-refractivity contribution in [1.82, 2.24) is 9.78 Å². The Morgan fingerprint density at radius 1 is 1.33 bits per heavy atom. The molecule has 1 aromatic carbocycles. The Kier molecular flexibility index (Phi) is 3.28. The Hall–Kier alpha value is -1.97. The van der Waals surface area contributed by atoms with E-state index in [0.29, 0.717) is 5.75 Å². The fourth-order valence-electron chi connectivity index (χ4n) is 2.12. The molecule has 0 radical (unpaired) electrons. The second-order valence-electron chi connectivity index (χ2n) is 4.71. The van der Waals surface area contributed by atoms with Crippen molar-refractivity contribution in [1.29, 1.82) is 0 Å². The number of aryl methyl sites for hydroxylation is 3. The Bertz CT molecular complexity index is 560. The van der Waals surface area contributed by atoms with Gasteiger partial charge in [0.15, 0.2) is 0 Å². The van der Waals surface area contributed by atoms with E-state index in [4.69, 9.17) is 0 Å². The van der Waals surface area contributed by atoms with Crippen LogP contribution in [0.3, 0.4) is 0 Å². The molecule has 0 aliphatic carbocycles. The Morgan fingerprint density at radius 3 is 2.61 bits per heavy atom. The van der Waals surface area contributed by atoms with E-state index in [0.717, 1.165) is 16.9 Å². The largest absolute Gasteiger partial charge is 0.508 e. The fraction of sp³-hybridized carbons (Fsp3) is 0.357. The molecule has 0 bridgehead atoms. The van der Waals surface area contributed by atoms with Crippen LogP contribution in [0.2, 0.25) is 0 Å². The van der Waals surface area contributed by atoms with Crippen molar-refractivity contribution in [2.24, 2.45) is 7.05 Å². The van der Waals surface area contributed by atoms with Gasteiger partial charge < -0.3 is 10.4 Å². The maximum absolute atomic E-state index is 9.50. The van der Waals surface area contributed by atoms with E-state index in [1.54, 1.807) is 6.07 Å². The van der Waals surface area contributed by atoms with E-state index >= 15 is 0 Å². The second-order valence-corrected chi connectivity index (χ2v) is 4.71. The first-order chi connectivity index (χ1) is 8.47. The van der Waals surface area contributed by atoms with Gasteiger partial charge in [-0.15, -0.1) is 0 Å². The Morgan fingerprint density at radius 2 is 2.06 bits per heavy atom. The third-order valence-electron chi connectivity index (χ3n) is 3.10. The molecule has 0 spiro atoms. The number of nitrogens with one attached hydrogen (secondary N) is 1. The molecule has 4 heteroatoms. The first-order valence-electron chi connectivity index (χ1n) is 6.03. The lowest BCUT2D eigenvalue weighted by atomic mass is 10.1. The maximum Gasteiger partial charge on any atom is 0.118 e. The summed E-state index contributed by atoms with van der Waals surface area (Å²) in [5.74, 6) is 0.325. The van der Waals surface area contributed by atoms with Gasteiger partial charge in [-0.3, -0.25) is 4.68 Å². The van der Waals surface area contributed by atoms with Crippen molar-refractivity contribution in [2.75, 3.05) is 5.32 Å². The lowest BCUT2D eigenvalue weighted by molar-refractivity contribution is 0.471. The van der Waals surface area contributed by atoms with Gasteiger partial charge in [0.05, 0.1) is 11.7 Å². The van der Waals surface area contributed by atoms with Crippen LogP contribution in [0.1, 0.15) is 29.8 Å². The lowest BCUT2D eigenvalue weighted by Crippen LogP contribution is -2.07. The molecule has 0 fully saturated rings. The highest BCUT2D eigenvalue weighted by Crippen LogP contribution is 2.25. The second kappa shape index (κ2) is 4.72. The van der Waals surface area contributed by atoms with Crippen molar-refractivity contribution in [3.05, 3.63) is 41.2 Å². The number of phenolic OH excluding ortho intramolecular Hbond substituents is 1. The monoisotopic (exact) mass is 245 g/mol. The molecule has 0 saturated heterocycles. The van der Waals surface area contributed by atoms with Crippen LogP contribution in [0, 0.1) is 13.8 Å². The van der Waals surface area contributed by atoms with Gasteiger partial charge in [-0.05, 0) is 44.5 Å². The summed E-state index contributed by atoms with van der Waals surface area (Å²) in [6, 6.07) is 5.71. The van der Waals surface area contributed by atoms with Crippen molar-refractivity contribution in [2.45, 2.75) is 26.8 Å². The normalized spacial score (nSPS) is 12.4. The average Bonchev–Trinajstić information content (AvgIpc) is 2.63. The Labute approximate surface area is 107 Å². The summed E-state index contributed by atoms with van der Waals surface area (Å²) in [7, 11) is 1.92. The molecule has 2 aromatic rings. The molecular formula is C14H19N3O. The molecule has 1 atom stereocenters. The van der Waals surface area contributed by atoms with Gasteiger partial charge in [0, 0.05) is 24.5 Å². The maximum atomic E-state index is 9.50. The van der Waals surface area contributed by atoms with Gasteiger partial charge in [-0.2, -0.15) is 5.10 Å². The van der Waals surface area contributed by atoms with Gasteiger partial charge in [0.2, 0.25) is 0 Å². The van der Waals surface area contributed by atoms with Crippen molar-refractivity contribution in [3.8, 4) is 5.75 Å². The summed E-state index contributed by atoms with van der Waals surface area (Å²) in [5.41, 5.74) is 4.09. The molecule has 2 rings (SSSR count). The van der Waals surface area contributed by atoms with Gasteiger partial charge in [-0.25, -0.2) is 0 Å². The van der Waals surface area contributed by atoms with Crippen LogP contribution in [0.5, 0.6) is 5.75 Å². The highest BCUT2D eigenvalue weighted by molar-refractivity contribution is 5.51. The zero-order chi connectivity index (χ0) is 13.3. The summed E-state index contributed by atoms with van der Waals surface area (Å²) < 4.78 is 1.82. The summed E-state index contributed by atoms with van der Waals surface area (Å²) in [4.78, 5) is 0. The molecule has 0 amide bonds. The molecule has 4 nitrogen and oxygen atoms in total. The van der Waals surface area contributed by atoms with E-state index in [9.17, 15) is 5.11 Å². The number of nitrogens with zero attached hydrogens (tertiary/aromatic N) is 2. The summed E-state index contributed by atoms with van der Waals surface area (Å²) in [5, 5.41) is 17.3. The van der Waals surface area contributed by atoms with Crippen molar-refractivity contribution >= 4 is 5.69 Å². The van der Waals surface area contributed by atoms with Crippen LogP contribution < -0.4 is 5.32 Å². The number of aromatic nitrogens is 2. The third-order valence-corrected chi connectivity index (χ3v) is 3.10.